The molecule has 6 nitrogen and oxygen atoms in total. The first-order chi connectivity index (χ1) is 7.07. The number of carbonyl (C=O) groups is 1. The molecular formula is C9H7N3O3. The third-order valence-electron chi connectivity index (χ3n) is 1.86. The molecular weight excluding hydrogens is 198 g/mol. The summed E-state index contributed by atoms with van der Waals surface area (Å²) in [4.78, 5) is 20.8. The van der Waals surface area contributed by atoms with Crippen molar-refractivity contribution in [3.8, 4) is 6.07 Å². The maximum absolute atomic E-state index is 10.9. The van der Waals surface area contributed by atoms with Crippen molar-refractivity contribution in [2.24, 2.45) is 5.73 Å². The summed E-state index contributed by atoms with van der Waals surface area (Å²) in [6.07, 6.45) is 0. The van der Waals surface area contributed by atoms with E-state index in [1.807, 2.05) is 0 Å². The summed E-state index contributed by atoms with van der Waals surface area (Å²) in [5.41, 5.74) is 4.71. The number of nitrogens with two attached hydrogens (primary N) is 1. The molecule has 1 amide bonds. The lowest BCUT2D eigenvalue weighted by atomic mass is 9.98. The quantitative estimate of drug-likeness (QED) is 0.577. The number of para-hydroxylation sites is 1. The first-order valence-corrected chi connectivity index (χ1v) is 4.00. The minimum absolute atomic E-state index is 0.0255. The fraction of sp³-hybridized carbons (Fsp3) is 0.111. The molecule has 0 fully saturated rings. The topological polar surface area (TPSA) is 110 Å². The van der Waals surface area contributed by atoms with Gasteiger partial charge in [0.1, 0.15) is 0 Å². The molecule has 0 aromatic heterocycles. The van der Waals surface area contributed by atoms with Crippen LogP contribution in [0.25, 0.3) is 0 Å². The fourth-order valence-electron chi connectivity index (χ4n) is 1.18. The van der Waals surface area contributed by atoms with Crippen molar-refractivity contribution < 1.29 is 9.72 Å². The summed E-state index contributed by atoms with van der Waals surface area (Å²) >= 11 is 0. The van der Waals surface area contributed by atoms with Gasteiger partial charge in [0.25, 0.3) is 5.69 Å². The van der Waals surface area contributed by atoms with E-state index >= 15 is 0 Å². The Morgan fingerprint density at radius 1 is 1.53 bits per heavy atom. The van der Waals surface area contributed by atoms with Gasteiger partial charge in [0.2, 0.25) is 5.91 Å². The van der Waals surface area contributed by atoms with Gasteiger partial charge in [0.05, 0.1) is 16.6 Å². The van der Waals surface area contributed by atoms with E-state index in [-0.39, 0.29) is 11.3 Å². The van der Waals surface area contributed by atoms with Gasteiger partial charge in [-0.1, -0.05) is 18.2 Å². The summed E-state index contributed by atoms with van der Waals surface area (Å²) in [5, 5.41) is 19.3. The zero-order chi connectivity index (χ0) is 11.4. The number of hydrogen-bond acceptors (Lipinski definition) is 4. The van der Waals surface area contributed by atoms with Crippen LogP contribution in [-0.2, 0) is 4.79 Å². The van der Waals surface area contributed by atoms with Gasteiger partial charge >= 0.3 is 0 Å². The second-order valence-electron chi connectivity index (χ2n) is 2.78. The van der Waals surface area contributed by atoms with Crippen LogP contribution in [0.5, 0.6) is 0 Å². The van der Waals surface area contributed by atoms with Crippen LogP contribution in [0.3, 0.4) is 0 Å². The normalized spacial score (nSPS) is 11.4. The van der Waals surface area contributed by atoms with Crippen molar-refractivity contribution in [3.63, 3.8) is 0 Å². The van der Waals surface area contributed by atoms with Gasteiger partial charge in [-0.25, -0.2) is 0 Å². The molecule has 1 unspecified atom stereocenters. The average molecular weight is 205 g/mol. The number of nitro groups is 1. The Bertz CT molecular complexity index is 450. The van der Waals surface area contributed by atoms with E-state index in [0.717, 1.165) is 0 Å². The molecule has 1 atom stereocenters. The summed E-state index contributed by atoms with van der Waals surface area (Å²) in [5.74, 6) is -2.18. The zero-order valence-electron chi connectivity index (χ0n) is 7.58. The van der Waals surface area contributed by atoms with Crippen molar-refractivity contribution >= 4 is 11.6 Å². The number of rotatable bonds is 3. The second kappa shape index (κ2) is 4.19. The van der Waals surface area contributed by atoms with E-state index in [1.54, 1.807) is 6.07 Å². The highest BCUT2D eigenvalue weighted by molar-refractivity contribution is 5.86. The van der Waals surface area contributed by atoms with Crippen molar-refractivity contribution in [2.75, 3.05) is 0 Å². The Labute approximate surface area is 85.1 Å². The standard InChI is InChI=1S/C9H7N3O3/c10-5-7(9(11)13)6-3-1-2-4-8(6)12(14)15/h1-4,7H,(H2,11,13). The van der Waals surface area contributed by atoms with Crippen LogP contribution < -0.4 is 5.73 Å². The first-order valence-electron chi connectivity index (χ1n) is 4.00. The van der Waals surface area contributed by atoms with E-state index < -0.39 is 16.7 Å². The third-order valence-corrected chi connectivity index (χ3v) is 1.86. The van der Waals surface area contributed by atoms with Crippen LogP contribution in [0.1, 0.15) is 11.5 Å². The van der Waals surface area contributed by atoms with E-state index in [4.69, 9.17) is 11.0 Å². The number of benzene rings is 1. The van der Waals surface area contributed by atoms with Gasteiger partial charge < -0.3 is 5.73 Å². The number of carbonyl (C=O) groups excluding carboxylic acids is 1. The number of nitro benzene ring substituents is 1. The summed E-state index contributed by atoms with van der Waals surface area (Å²) in [7, 11) is 0. The highest BCUT2D eigenvalue weighted by Gasteiger charge is 2.25. The molecule has 0 saturated carbocycles. The highest BCUT2D eigenvalue weighted by Crippen LogP contribution is 2.25. The smallest absolute Gasteiger partial charge is 0.274 e. The lowest BCUT2D eigenvalue weighted by Crippen LogP contribution is -2.20. The Balaban J connectivity index is 3.30. The molecule has 0 aliphatic carbocycles. The molecule has 1 aromatic rings. The van der Waals surface area contributed by atoms with Crippen molar-refractivity contribution in [3.05, 3.63) is 39.9 Å². The summed E-state index contributed by atoms with van der Waals surface area (Å²) in [6.45, 7) is 0. The monoisotopic (exact) mass is 205 g/mol. The molecule has 15 heavy (non-hydrogen) atoms. The number of nitriles is 1. The largest absolute Gasteiger partial charge is 0.368 e. The Morgan fingerprint density at radius 2 is 2.13 bits per heavy atom. The maximum Gasteiger partial charge on any atom is 0.274 e. The van der Waals surface area contributed by atoms with Gasteiger partial charge in [-0.15, -0.1) is 0 Å². The van der Waals surface area contributed by atoms with Crippen LogP contribution >= 0.6 is 0 Å². The molecule has 0 aliphatic rings. The summed E-state index contributed by atoms with van der Waals surface area (Å²) in [6, 6.07) is 7.17. The van der Waals surface area contributed by atoms with E-state index in [2.05, 4.69) is 0 Å². The van der Waals surface area contributed by atoms with E-state index in [1.165, 1.54) is 24.3 Å². The Hall–Kier alpha value is -2.42. The van der Waals surface area contributed by atoms with Crippen LogP contribution in [0.15, 0.2) is 24.3 Å². The highest BCUT2D eigenvalue weighted by atomic mass is 16.6. The first kappa shape index (κ1) is 10.7. The minimum atomic E-state index is -1.29. The van der Waals surface area contributed by atoms with Crippen molar-refractivity contribution in [1.29, 1.82) is 5.26 Å². The molecule has 76 valence electrons. The average Bonchev–Trinajstić information content (AvgIpc) is 2.18. The lowest BCUT2D eigenvalue weighted by molar-refractivity contribution is -0.385. The predicted octanol–water partition coefficient (Wildman–Crippen LogP) is 0.687. The minimum Gasteiger partial charge on any atom is -0.368 e. The molecule has 0 aliphatic heterocycles. The lowest BCUT2D eigenvalue weighted by Gasteiger charge is -2.04. The Kier molecular flexibility index (Phi) is 2.98. The molecule has 1 rings (SSSR count). The molecule has 0 spiro atoms. The maximum atomic E-state index is 10.9. The molecule has 0 radical (unpaired) electrons. The van der Waals surface area contributed by atoms with Crippen LogP contribution in [0.4, 0.5) is 5.69 Å². The van der Waals surface area contributed by atoms with Gasteiger partial charge in [-0.05, 0) is 0 Å². The number of hydrogen-bond donors (Lipinski definition) is 1. The van der Waals surface area contributed by atoms with Crippen LogP contribution in [0.2, 0.25) is 0 Å². The number of primary amides is 1. The van der Waals surface area contributed by atoms with Crippen LogP contribution in [0, 0.1) is 21.4 Å². The van der Waals surface area contributed by atoms with Gasteiger partial charge in [-0.3, -0.25) is 14.9 Å². The number of nitrogens with zero attached hydrogens (tertiary/aromatic N) is 2. The Morgan fingerprint density at radius 3 is 2.60 bits per heavy atom. The van der Waals surface area contributed by atoms with E-state index in [9.17, 15) is 14.9 Å². The van der Waals surface area contributed by atoms with Crippen molar-refractivity contribution in [1.82, 2.24) is 0 Å². The molecule has 0 bridgehead atoms. The second-order valence-corrected chi connectivity index (χ2v) is 2.78. The summed E-state index contributed by atoms with van der Waals surface area (Å²) < 4.78 is 0. The molecule has 1 aromatic carbocycles. The molecule has 0 heterocycles. The third kappa shape index (κ3) is 2.08. The number of amides is 1. The van der Waals surface area contributed by atoms with Crippen LogP contribution in [-0.4, -0.2) is 10.8 Å². The molecule has 0 saturated heterocycles. The molecule has 6 heteroatoms. The fourth-order valence-corrected chi connectivity index (χ4v) is 1.18. The zero-order valence-corrected chi connectivity index (χ0v) is 7.58. The SMILES string of the molecule is N#CC(C(N)=O)c1ccccc1[N+](=O)[O-]. The van der Waals surface area contributed by atoms with E-state index in [0.29, 0.717) is 0 Å². The van der Waals surface area contributed by atoms with Gasteiger partial charge in [-0.2, -0.15) is 5.26 Å². The van der Waals surface area contributed by atoms with Gasteiger partial charge in [0, 0.05) is 6.07 Å². The van der Waals surface area contributed by atoms with Gasteiger partial charge in [0.15, 0.2) is 5.92 Å². The predicted molar refractivity (Wildman–Crippen MR) is 50.6 cm³/mol. The molecule has 2 N–H and O–H groups in total. The van der Waals surface area contributed by atoms with Crippen molar-refractivity contribution in [2.45, 2.75) is 5.92 Å².